The molecule has 0 fully saturated rings. The molecule has 9 heteroatoms. The van der Waals surface area contributed by atoms with Crippen molar-refractivity contribution in [2.45, 2.75) is 32.7 Å². The zero-order chi connectivity index (χ0) is 19.3. The molecule has 1 aromatic heterocycles. The second kappa shape index (κ2) is 8.59. The summed E-state index contributed by atoms with van der Waals surface area (Å²) in [6.07, 6.45) is 1.16. The highest BCUT2D eigenvalue weighted by molar-refractivity contribution is 7.89. The number of guanidine groups is 1. The van der Waals surface area contributed by atoms with Gasteiger partial charge in [0.2, 0.25) is 0 Å². The fourth-order valence-electron chi connectivity index (χ4n) is 2.36. The first-order valence-corrected chi connectivity index (χ1v) is 10.9. The highest BCUT2D eigenvalue weighted by Gasteiger charge is 2.11. The number of aliphatic imine (C=N–C) groups is 1. The number of thiazole rings is 1. The van der Waals surface area contributed by atoms with Crippen LogP contribution in [0.25, 0.3) is 0 Å². The molecule has 0 spiro atoms. The van der Waals surface area contributed by atoms with Crippen molar-refractivity contribution < 1.29 is 12.8 Å². The van der Waals surface area contributed by atoms with Gasteiger partial charge in [-0.05, 0) is 37.1 Å². The summed E-state index contributed by atoms with van der Waals surface area (Å²) < 4.78 is 36.7. The molecule has 26 heavy (non-hydrogen) atoms. The van der Waals surface area contributed by atoms with Gasteiger partial charge < -0.3 is 10.6 Å². The second-order valence-corrected chi connectivity index (χ2v) is 9.44. The third-order valence-electron chi connectivity index (χ3n) is 3.74. The molecule has 2 N–H and O–H groups in total. The minimum atomic E-state index is -3.21. The van der Waals surface area contributed by atoms with E-state index in [4.69, 9.17) is 0 Å². The van der Waals surface area contributed by atoms with E-state index in [1.165, 1.54) is 23.1 Å². The Hall–Kier alpha value is -2.00. The topological polar surface area (TPSA) is 83.4 Å². The lowest BCUT2D eigenvalue weighted by Gasteiger charge is -2.13. The van der Waals surface area contributed by atoms with Crippen molar-refractivity contribution in [3.8, 4) is 0 Å². The Bertz CT molecular complexity index is 888. The monoisotopic (exact) mass is 398 g/mol. The standard InChI is InChI=1S/C17H23FN4O2S2/c1-11-12(2)25-16(22-11)9-21-17(19-3)20-8-14-7-15(18)6-5-13(14)10-26(4,23)24/h5-7H,8-10H2,1-4H3,(H2,19,20,21). The number of nitrogens with one attached hydrogen (secondary N) is 2. The average molecular weight is 399 g/mol. The van der Waals surface area contributed by atoms with Crippen molar-refractivity contribution in [1.82, 2.24) is 15.6 Å². The molecule has 142 valence electrons. The summed E-state index contributed by atoms with van der Waals surface area (Å²) >= 11 is 1.62. The van der Waals surface area contributed by atoms with Crippen LogP contribution in [0.5, 0.6) is 0 Å². The molecule has 0 aliphatic rings. The van der Waals surface area contributed by atoms with Crippen molar-refractivity contribution in [3.63, 3.8) is 0 Å². The van der Waals surface area contributed by atoms with Gasteiger partial charge in [-0.2, -0.15) is 0 Å². The van der Waals surface area contributed by atoms with E-state index in [-0.39, 0.29) is 12.3 Å². The summed E-state index contributed by atoms with van der Waals surface area (Å²) in [4.78, 5) is 9.77. The maximum Gasteiger partial charge on any atom is 0.191 e. The fourth-order valence-corrected chi connectivity index (χ4v) is 4.08. The van der Waals surface area contributed by atoms with Gasteiger partial charge in [0.05, 0.1) is 18.0 Å². The first-order valence-electron chi connectivity index (χ1n) is 8.00. The van der Waals surface area contributed by atoms with Gasteiger partial charge in [-0.3, -0.25) is 4.99 Å². The normalized spacial score (nSPS) is 12.3. The van der Waals surface area contributed by atoms with E-state index < -0.39 is 15.7 Å². The number of benzene rings is 1. The molecule has 6 nitrogen and oxygen atoms in total. The fraction of sp³-hybridized carbons (Fsp3) is 0.412. The molecule has 2 rings (SSSR count). The van der Waals surface area contributed by atoms with E-state index in [1.807, 2.05) is 13.8 Å². The Morgan fingerprint density at radius 3 is 2.50 bits per heavy atom. The molecule has 0 atom stereocenters. The highest BCUT2D eigenvalue weighted by Crippen LogP contribution is 2.16. The van der Waals surface area contributed by atoms with Crippen molar-refractivity contribution >= 4 is 27.1 Å². The Labute approximate surface area is 157 Å². The van der Waals surface area contributed by atoms with Crippen molar-refractivity contribution in [2.24, 2.45) is 4.99 Å². The quantitative estimate of drug-likeness (QED) is 0.576. The Morgan fingerprint density at radius 1 is 1.23 bits per heavy atom. The maximum atomic E-state index is 13.6. The Kier molecular flexibility index (Phi) is 6.71. The van der Waals surface area contributed by atoms with Crippen LogP contribution >= 0.6 is 11.3 Å². The first-order chi connectivity index (χ1) is 12.2. The summed E-state index contributed by atoms with van der Waals surface area (Å²) in [6.45, 7) is 4.78. The van der Waals surface area contributed by atoms with Crippen LogP contribution in [0.2, 0.25) is 0 Å². The van der Waals surface area contributed by atoms with Gasteiger partial charge >= 0.3 is 0 Å². The second-order valence-electron chi connectivity index (χ2n) is 6.01. The molecule has 0 aliphatic carbocycles. The summed E-state index contributed by atoms with van der Waals surface area (Å²) in [5.74, 6) is -0.00521. The van der Waals surface area contributed by atoms with Crippen LogP contribution in [0, 0.1) is 19.7 Å². The van der Waals surface area contributed by atoms with Gasteiger partial charge in [-0.25, -0.2) is 17.8 Å². The maximum absolute atomic E-state index is 13.6. The largest absolute Gasteiger partial charge is 0.352 e. The summed E-state index contributed by atoms with van der Waals surface area (Å²) in [7, 11) is -1.57. The first kappa shape index (κ1) is 20.3. The Morgan fingerprint density at radius 2 is 1.92 bits per heavy atom. The molecular formula is C17H23FN4O2S2. The number of halogens is 1. The molecule has 0 bridgehead atoms. The van der Waals surface area contributed by atoms with E-state index in [2.05, 4.69) is 20.6 Å². The molecule has 0 saturated carbocycles. The summed E-state index contributed by atoms with van der Waals surface area (Å²) in [5, 5.41) is 7.19. The van der Waals surface area contributed by atoms with Crippen molar-refractivity contribution in [1.29, 1.82) is 0 Å². The van der Waals surface area contributed by atoms with Crippen LogP contribution in [0.3, 0.4) is 0 Å². The smallest absolute Gasteiger partial charge is 0.191 e. The van der Waals surface area contributed by atoms with Crippen LogP contribution in [0.4, 0.5) is 4.39 Å². The molecule has 0 unspecified atom stereocenters. The van der Waals surface area contributed by atoms with Gasteiger partial charge in [-0.1, -0.05) is 6.07 Å². The predicted molar refractivity (Wildman–Crippen MR) is 104 cm³/mol. The molecule has 0 saturated heterocycles. The molecular weight excluding hydrogens is 375 g/mol. The van der Waals surface area contributed by atoms with E-state index in [0.29, 0.717) is 23.6 Å². The molecule has 1 aromatic carbocycles. The number of aryl methyl sites for hydroxylation is 2. The lowest BCUT2D eigenvalue weighted by Crippen LogP contribution is -2.36. The molecule has 0 radical (unpaired) electrons. The van der Waals surface area contributed by atoms with Gasteiger partial charge in [0.15, 0.2) is 15.8 Å². The zero-order valence-electron chi connectivity index (χ0n) is 15.3. The minimum Gasteiger partial charge on any atom is -0.352 e. The van der Waals surface area contributed by atoms with Crippen LogP contribution in [-0.2, 0) is 28.7 Å². The van der Waals surface area contributed by atoms with Gasteiger partial charge in [0, 0.05) is 24.7 Å². The predicted octanol–water partition coefficient (Wildman–Crippen LogP) is 2.31. The number of hydrogen-bond donors (Lipinski definition) is 2. The molecule has 1 heterocycles. The molecule has 0 amide bonds. The number of hydrogen-bond acceptors (Lipinski definition) is 5. The SMILES string of the molecule is CN=C(NCc1nc(C)c(C)s1)NCc1cc(F)ccc1CS(C)(=O)=O. The molecule has 0 aliphatic heterocycles. The average Bonchev–Trinajstić information content (AvgIpc) is 2.87. The van der Waals surface area contributed by atoms with Crippen LogP contribution in [0.1, 0.15) is 26.7 Å². The van der Waals surface area contributed by atoms with E-state index in [1.54, 1.807) is 18.4 Å². The number of sulfone groups is 1. The lowest BCUT2D eigenvalue weighted by atomic mass is 10.1. The van der Waals surface area contributed by atoms with Crippen LogP contribution < -0.4 is 10.6 Å². The lowest BCUT2D eigenvalue weighted by molar-refractivity contribution is 0.599. The van der Waals surface area contributed by atoms with E-state index >= 15 is 0 Å². The molecule has 2 aromatic rings. The van der Waals surface area contributed by atoms with Gasteiger partial charge in [0.25, 0.3) is 0 Å². The third kappa shape index (κ3) is 6.06. The summed E-state index contributed by atoms with van der Waals surface area (Å²) in [6, 6.07) is 4.11. The van der Waals surface area contributed by atoms with E-state index in [0.717, 1.165) is 17.0 Å². The van der Waals surface area contributed by atoms with Crippen molar-refractivity contribution in [2.75, 3.05) is 13.3 Å². The number of nitrogens with zero attached hydrogens (tertiary/aromatic N) is 2. The summed E-state index contributed by atoms with van der Waals surface area (Å²) in [5.41, 5.74) is 2.17. The number of rotatable bonds is 6. The minimum absolute atomic E-state index is 0.131. The highest BCUT2D eigenvalue weighted by atomic mass is 32.2. The van der Waals surface area contributed by atoms with Crippen LogP contribution in [0.15, 0.2) is 23.2 Å². The van der Waals surface area contributed by atoms with Crippen molar-refractivity contribution in [3.05, 3.63) is 50.7 Å². The zero-order valence-corrected chi connectivity index (χ0v) is 16.9. The number of aromatic nitrogens is 1. The van der Waals surface area contributed by atoms with Gasteiger partial charge in [0.1, 0.15) is 10.8 Å². The van der Waals surface area contributed by atoms with Crippen LogP contribution in [-0.4, -0.2) is 32.7 Å². The van der Waals surface area contributed by atoms with Gasteiger partial charge in [-0.15, -0.1) is 11.3 Å². The third-order valence-corrected chi connectivity index (χ3v) is 5.64. The van der Waals surface area contributed by atoms with E-state index in [9.17, 15) is 12.8 Å². The Balaban J connectivity index is 2.02.